The lowest BCUT2D eigenvalue weighted by molar-refractivity contribution is 0.220. The van der Waals surface area contributed by atoms with E-state index in [9.17, 15) is 9.18 Å². The van der Waals surface area contributed by atoms with Crippen LogP contribution in [0.2, 0.25) is 0 Å². The van der Waals surface area contributed by atoms with E-state index in [1.807, 2.05) is 31.5 Å². The van der Waals surface area contributed by atoms with Crippen molar-refractivity contribution in [3.63, 3.8) is 0 Å². The molecule has 122 valence electrons. The van der Waals surface area contributed by atoms with E-state index in [2.05, 4.69) is 10.4 Å². The molecular formula is C17H21FN4O. The first-order valence-electron chi connectivity index (χ1n) is 7.79. The zero-order valence-electron chi connectivity index (χ0n) is 13.6. The number of hydrogen-bond donors (Lipinski definition) is 1. The maximum absolute atomic E-state index is 13.8. The molecule has 1 aromatic heterocycles. The van der Waals surface area contributed by atoms with Gasteiger partial charge in [0.15, 0.2) is 0 Å². The van der Waals surface area contributed by atoms with Crippen molar-refractivity contribution in [2.45, 2.75) is 33.2 Å². The molecule has 0 radical (unpaired) electrons. The van der Waals surface area contributed by atoms with Gasteiger partial charge in [-0.1, -0.05) is 6.07 Å². The Kier molecular flexibility index (Phi) is 4.07. The molecule has 0 unspecified atom stereocenters. The van der Waals surface area contributed by atoms with Crippen molar-refractivity contribution in [3.8, 4) is 0 Å². The summed E-state index contributed by atoms with van der Waals surface area (Å²) in [5, 5.41) is 7.15. The van der Waals surface area contributed by atoms with Crippen LogP contribution in [0.4, 0.5) is 14.9 Å². The predicted molar refractivity (Wildman–Crippen MR) is 87.1 cm³/mol. The Labute approximate surface area is 135 Å². The van der Waals surface area contributed by atoms with Crippen molar-refractivity contribution in [2.75, 3.05) is 18.4 Å². The number of aromatic nitrogens is 2. The first-order valence-corrected chi connectivity index (χ1v) is 7.79. The lowest BCUT2D eigenvalue weighted by Crippen LogP contribution is -2.33. The highest BCUT2D eigenvalue weighted by Crippen LogP contribution is 2.24. The van der Waals surface area contributed by atoms with Crippen LogP contribution in [0.5, 0.6) is 0 Å². The highest BCUT2D eigenvalue weighted by molar-refractivity contribution is 5.89. The molecule has 0 spiro atoms. The van der Waals surface area contributed by atoms with E-state index in [0.29, 0.717) is 13.1 Å². The molecule has 1 N–H and O–H groups in total. The van der Waals surface area contributed by atoms with Crippen molar-refractivity contribution in [3.05, 3.63) is 47.0 Å². The van der Waals surface area contributed by atoms with Gasteiger partial charge in [0, 0.05) is 18.8 Å². The Bertz CT molecular complexity index is 740. The molecule has 3 rings (SSSR count). The summed E-state index contributed by atoms with van der Waals surface area (Å²) in [5.41, 5.74) is 3.12. The standard InChI is InChI=1S/C17H21FN4O/c1-11-4-5-16(15(18)8-11)19-17(23)21-7-6-14(10-21)22-13(3)9-12(2)20-22/h4-5,8-9,14H,6-7,10H2,1-3H3,(H,19,23)/t14-/m0/s1. The SMILES string of the molecule is Cc1ccc(NC(=O)N2CC[C@H](n3nc(C)cc3C)C2)c(F)c1. The fourth-order valence-corrected chi connectivity index (χ4v) is 3.06. The zero-order valence-corrected chi connectivity index (χ0v) is 13.6. The number of nitrogens with zero attached hydrogens (tertiary/aromatic N) is 3. The Morgan fingerprint density at radius 3 is 2.74 bits per heavy atom. The summed E-state index contributed by atoms with van der Waals surface area (Å²) in [7, 11) is 0. The van der Waals surface area contributed by atoms with Gasteiger partial charge in [-0.2, -0.15) is 5.10 Å². The summed E-state index contributed by atoms with van der Waals surface area (Å²) < 4.78 is 15.8. The second-order valence-corrected chi connectivity index (χ2v) is 6.17. The van der Waals surface area contributed by atoms with Crippen molar-refractivity contribution >= 4 is 11.7 Å². The van der Waals surface area contributed by atoms with Crippen molar-refractivity contribution in [1.82, 2.24) is 14.7 Å². The van der Waals surface area contributed by atoms with Crippen LogP contribution in [-0.2, 0) is 0 Å². The van der Waals surface area contributed by atoms with Gasteiger partial charge in [-0.3, -0.25) is 4.68 Å². The number of nitrogens with one attached hydrogen (secondary N) is 1. The van der Waals surface area contributed by atoms with E-state index in [-0.39, 0.29) is 17.8 Å². The van der Waals surface area contributed by atoms with Crippen LogP contribution in [0.3, 0.4) is 0 Å². The van der Waals surface area contributed by atoms with E-state index in [1.165, 1.54) is 6.07 Å². The molecule has 1 saturated heterocycles. The molecule has 0 bridgehead atoms. The Hall–Kier alpha value is -2.37. The molecule has 2 amide bonds. The minimum Gasteiger partial charge on any atom is -0.322 e. The second kappa shape index (κ2) is 6.02. The number of benzene rings is 1. The van der Waals surface area contributed by atoms with Crippen molar-refractivity contribution in [1.29, 1.82) is 0 Å². The quantitative estimate of drug-likeness (QED) is 0.923. The number of hydrogen-bond acceptors (Lipinski definition) is 2. The lowest BCUT2D eigenvalue weighted by atomic mass is 10.2. The molecular weight excluding hydrogens is 295 g/mol. The molecule has 23 heavy (non-hydrogen) atoms. The van der Waals surface area contributed by atoms with Gasteiger partial charge in [0.2, 0.25) is 0 Å². The number of urea groups is 1. The smallest absolute Gasteiger partial charge is 0.321 e. The summed E-state index contributed by atoms with van der Waals surface area (Å²) >= 11 is 0. The minimum atomic E-state index is -0.410. The molecule has 1 atom stereocenters. The average molecular weight is 316 g/mol. The average Bonchev–Trinajstić information content (AvgIpc) is 3.08. The lowest BCUT2D eigenvalue weighted by Gasteiger charge is -2.18. The zero-order chi connectivity index (χ0) is 16.6. The third-order valence-corrected chi connectivity index (χ3v) is 4.21. The number of halogens is 1. The van der Waals surface area contributed by atoms with Crippen molar-refractivity contribution in [2.24, 2.45) is 0 Å². The molecule has 1 aliphatic rings. The Balaban J connectivity index is 1.66. The number of amides is 2. The molecule has 1 aliphatic heterocycles. The third kappa shape index (κ3) is 3.21. The molecule has 5 nitrogen and oxygen atoms in total. The van der Waals surface area contributed by atoms with Gasteiger partial charge in [0.1, 0.15) is 5.82 Å². The maximum Gasteiger partial charge on any atom is 0.321 e. The molecule has 2 aromatic rings. The molecule has 6 heteroatoms. The van der Waals surface area contributed by atoms with Crippen LogP contribution in [0.25, 0.3) is 0 Å². The van der Waals surface area contributed by atoms with Crippen molar-refractivity contribution < 1.29 is 9.18 Å². The number of likely N-dealkylation sites (tertiary alicyclic amines) is 1. The molecule has 2 heterocycles. The van der Waals surface area contributed by atoms with Crippen LogP contribution >= 0.6 is 0 Å². The minimum absolute atomic E-state index is 0.178. The molecule has 0 aliphatic carbocycles. The molecule has 0 saturated carbocycles. The Morgan fingerprint density at radius 1 is 1.30 bits per heavy atom. The summed E-state index contributed by atoms with van der Waals surface area (Å²) in [6, 6.07) is 6.73. The maximum atomic E-state index is 13.8. The Morgan fingerprint density at radius 2 is 2.09 bits per heavy atom. The van der Waals surface area contributed by atoms with Gasteiger partial charge in [0.25, 0.3) is 0 Å². The van der Waals surface area contributed by atoms with Gasteiger partial charge < -0.3 is 10.2 Å². The van der Waals surface area contributed by atoms with Gasteiger partial charge in [-0.25, -0.2) is 9.18 Å². The van der Waals surface area contributed by atoms with E-state index >= 15 is 0 Å². The fourth-order valence-electron chi connectivity index (χ4n) is 3.06. The van der Waals surface area contributed by atoms with E-state index < -0.39 is 5.82 Å². The fraction of sp³-hybridized carbons (Fsp3) is 0.412. The highest BCUT2D eigenvalue weighted by Gasteiger charge is 2.29. The van der Waals surface area contributed by atoms with E-state index in [4.69, 9.17) is 0 Å². The topological polar surface area (TPSA) is 50.2 Å². The predicted octanol–water partition coefficient (Wildman–Crippen LogP) is 3.43. The number of carbonyl (C=O) groups is 1. The van der Waals surface area contributed by atoms with Crippen LogP contribution in [-0.4, -0.2) is 33.8 Å². The van der Waals surface area contributed by atoms with Gasteiger partial charge in [0.05, 0.1) is 17.4 Å². The summed E-state index contributed by atoms with van der Waals surface area (Å²) in [4.78, 5) is 14.0. The first-order chi connectivity index (χ1) is 10.9. The second-order valence-electron chi connectivity index (χ2n) is 6.17. The van der Waals surface area contributed by atoms with Crippen LogP contribution in [0.1, 0.15) is 29.4 Å². The van der Waals surface area contributed by atoms with Gasteiger partial charge >= 0.3 is 6.03 Å². The summed E-state index contributed by atoms with van der Waals surface area (Å²) in [5.74, 6) is -0.410. The number of carbonyl (C=O) groups excluding carboxylic acids is 1. The van der Waals surface area contributed by atoms with Crippen LogP contribution in [0, 0.1) is 26.6 Å². The summed E-state index contributed by atoms with van der Waals surface area (Å²) in [6.45, 7) is 7.02. The monoisotopic (exact) mass is 316 g/mol. The third-order valence-electron chi connectivity index (χ3n) is 4.21. The van der Waals surface area contributed by atoms with E-state index in [0.717, 1.165) is 23.4 Å². The summed E-state index contributed by atoms with van der Waals surface area (Å²) in [6.07, 6.45) is 0.853. The normalized spacial score (nSPS) is 17.6. The first kappa shape index (κ1) is 15.5. The van der Waals surface area contributed by atoms with Gasteiger partial charge in [-0.15, -0.1) is 0 Å². The molecule has 1 fully saturated rings. The largest absolute Gasteiger partial charge is 0.322 e. The number of aryl methyl sites for hydroxylation is 3. The highest BCUT2D eigenvalue weighted by atomic mass is 19.1. The number of anilines is 1. The van der Waals surface area contributed by atoms with E-state index in [1.54, 1.807) is 17.0 Å². The van der Waals surface area contributed by atoms with Crippen LogP contribution < -0.4 is 5.32 Å². The van der Waals surface area contributed by atoms with Gasteiger partial charge in [-0.05, 0) is 51.0 Å². The molecule has 1 aromatic carbocycles. The van der Waals surface area contributed by atoms with Crippen LogP contribution in [0.15, 0.2) is 24.3 Å². The number of rotatable bonds is 2.